The summed E-state index contributed by atoms with van der Waals surface area (Å²) >= 11 is 0. The Morgan fingerprint density at radius 2 is 2.17 bits per heavy atom. The minimum Gasteiger partial charge on any atom is -0.379 e. The smallest absolute Gasteiger partial charge is 0.251 e. The van der Waals surface area contributed by atoms with Crippen LogP contribution in [0.1, 0.15) is 36.2 Å². The molecule has 3 nitrogen and oxygen atoms in total. The number of amides is 1. The van der Waals surface area contributed by atoms with Crippen LogP contribution >= 0.6 is 0 Å². The lowest BCUT2D eigenvalue weighted by Crippen LogP contribution is -2.25. The highest BCUT2D eigenvalue weighted by atomic mass is 19.1. The molecule has 0 heterocycles. The molecule has 1 aromatic carbocycles. The molecule has 1 aromatic rings. The first-order valence-corrected chi connectivity index (χ1v) is 6.16. The third kappa shape index (κ3) is 4.84. The van der Waals surface area contributed by atoms with Gasteiger partial charge in [0.1, 0.15) is 5.82 Å². The highest BCUT2D eigenvalue weighted by Crippen LogP contribution is 2.08. The number of hydrogen-bond donors (Lipinski definition) is 1. The normalized spacial score (nSPS) is 10.7. The van der Waals surface area contributed by atoms with Crippen molar-refractivity contribution >= 4 is 5.91 Å². The zero-order valence-electron chi connectivity index (χ0n) is 11.1. The largest absolute Gasteiger partial charge is 0.379 e. The van der Waals surface area contributed by atoms with Gasteiger partial charge in [0, 0.05) is 18.7 Å². The van der Waals surface area contributed by atoms with E-state index < -0.39 is 0 Å². The van der Waals surface area contributed by atoms with Crippen LogP contribution < -0.4 is 5.32 Å². The molecule has 1 rings (SSSR count). The first-order chi connectivity index (χ1) is 8.50. The van der Waals surface area contributed by atoms with Crippen LogP contribution in [0, 0.1) is 12.7 Å². The predicted molar refractivity (Wildman–Crippen MR) is 69.2 cm³/mol. The second kappa shape index (κ2) is 7.11. The molecular formula is C14H20FNO2. The average Bonchev–Trinajstić information content (AvgIpc) is 2.31. The molecule has 0 aliphatic rings. The summed E-state index contributed by atoms with van der Waals surface area (Å²) in [5.74, 6) is -0.607. The third-order valence-corrected chi connectivity index (χ3v) is 2.49. The Hall–Kier alpha value is -1.42. The van der Waals surface area contributed by atoms with Gasteiger partial charge in [-0.15, -0.1) is 0 Å². The maximum Gasteiger partial charge on any atom is 0.251 e. The predicted octanol–water partition coefficient (Wildman–Crippen LogP) is 2.68. The summed E-state index contributed by atoms with van der Waals surface area (Å²) in [6.07, 6.45) is 0.949. The second-order valence-electron chi connectivity index (χ2n) is 4.49. The van der Waals surface area contributed by atoms with E-state index >= 15 is 0 Å². The number of nitrogens with one attached hydrogen (secondary N) is 1. The molecule has 0 unspecified atom stereocenters. The van der Waals surface area contributed by atoms with Gasteiger partial charge in [-0.1, -0.05) is 6.07 Å². The van der Waals surface area contributed by atoms with Crippen molar-refractivity contribution in [2.24, 2.45) is 0 Å². The van der Waals surface area contributed by atoms with E-state index in [-0.39, 0.29) is 17.8 Å². The number of aryl methyl sites for hydroxylation is 1. The van der Waals surface area contributed by atoms with Crippen molar-refractivity contribution in [2.75, 3.05) is 13.2 Å². The standard InChI is InChI=1S/C14H20FNO2/c1-10(2)18-8-4-7-16-14(17)12-6-5-11(3)13(15)9-12/h5-6,9-10H,4,7-8H2,1-3H3,(H,16,17). The van der Waals surface area contributed by atoms with Crippen LogP contribution in [0.15, 0.2) is 18.2 Å². The Morgan fingerprint density at radius 1 is 1.44 bits per heavy atom. The van der Waals surface area contributed by atoms with Crippen LogP contribution in [0.4, 0.5) is 4.39 Å². The van der Waals surface area contributed by atoms with Crippen molar-refractivity contribution in [1.29, 1.82) is 0 Å². The summed E-state index contributed by atoms with van der Waals surface area (Å²) in [5.41, 5.74) is 0.889. The summed E-state index contributed by atoms with van der Waals surface area (Å²) < 4.78 is 18.6. The first-order valence-electron chi connectivity index (χ1n) is 6.16. The van der Waals surface area contributed by atoms with Gasteiger partial charge >= 0.3 is 0 Å². The summed E-state index contributed by atoms with van der Waals surface area (Å²) in [6.45, 7) is 6.74. The van der Waals surface area contributed by atoms with Gasteiger partial charge in [0.05, 0.1) is 6.10 Å². The van der Waals surface area contributed by atoms with E-state index in [9.17, 15) is 9.18 Å². The van der Waals surface area contributed by atoms with Gasteiger partial charge in [0.15, 0.2) is 0 Å². The zero-order valence-corrected chi connectivity index (χ0v) is 11.1. The number of ether oxygens (including phenoxy) is 1. The monoisotopic (exact) mass is 253 g/mol. The van der Waals surface area contributed by atoms with Crippen molar-refractivity contribution in [3.8, 4) is 0 Å². The summed E-state index contributed by atoms with van der Waals surface area (Å²) in [6, 6.07) is 4.49. The van der Waals surface area contributed by atoms with Crippen molar-refractivity contribution < 1.29 is 13.9 Å². The molecule has 1 N–H and O–H groups in total. The molecule has 0 bridgehead atoms. The van der Waals surface area contributed by atoms with Gasteiger partial charge in [0.25, 0.3) is 5.91 Å². The maximum absolute atomic E-state index is 13.3. The number of halogens is 1. The molecule has 0 atom stereocenters. The van der Waals surface area contributed by atoms with E-state index in [2.05, 4.69) is 5.32 Å². The van der Waals surface area contributed by atoms with Gasteiger partial charge in [-0.25, -0.2) is 4.39 Å². The molecular weight excluding hydrogens is 233 g/mol. The minimum absolute atomic E-state index is 0.201. The molecule has 0 fully saturated rings. The van der Waals surface area contributed by atoms with Crippen molar-refractivity contribution in [1.82, 2.24) is 5.32 Å². The fraction of sp³-hybridized carbons (Fsp3) is 0.500. The van der Waals surface area contributed by atoms with Crippen LogP contribution in [0.3, 0.4) is 0 Å². The Labute approximate surface area is 107 Å². The Balaban J connectivity index is 2.34. The maximum atomic E-state index is 13.3. The third-order valence-electron chi connectivity index (χ3n) is 2.49. The minimum atomic E-state index is -0.356. The number of hydrogen-bond acceptors (Lipinski definition) is 2. The van der Waals surface area contributed by atoms with Crippen LogP contribution in [-0.2, 0) is 4.74 Å². The molecule has 0 aliphatic heterocycles. The van der Waals surface area contributed by atoms with E-state index in [1.165, 1.54) is 6.07 Å². The number of benzene rings is 1. The fourth-order valence-corrected chi connectivity index (χ4v) is 1.43. The lowest BCUT2D eigenvalue weighted by Gasteiger charge is -2.08. The van der Waals surface area contributed by atoms with Gasteiger partial charge in [-0.05, 0) is 44.9 Å². The Kier molecular flexibility index (Phi) is 5.78. The molecule has 100 valence electrons. The summed E-state index contributed by atoms with van der Waals surface area (Å²) in [7, 11) is 0. The van der Waals surface area contributed by atoms with Crippen molar-refractivity contribution in [3.05, 3.63) is 35.1 Å². The number of carbonyl (C=O) groups excluding carboxylic acids is 1. The highest BCUT2D eigenvalue weighted by molar-refractivity contribution is 5.94. The molecule has 0 radical (unpaired) electrons. The molecule has 0 aromatic heterocycles. The second-order valence-corrected chi connectivity index (χ2v) is 4.49. The molecule has 0 saturated carbocycles. The fourth-order valence-electron chi connectivity index (χ4n) is 1.43. The molecule has 1 amide bonds. The average molecular weight is 253 g/mol. The van der Waals surface area contributed by atoms with E-state index in [0.29, 0.717) is 24.3 Å². The molecule has 0 spiro atoms. The summed E-state index contributed by atoms with van der Waals surface area (Å²) in [4.78, 5) is 11.7. The molecule has 4 heteroatoms. The van der Waals surface area contributed by atoms with Crippen molar-refractivity contribution in [2.45, 2.75) is 33.3 Å². The Morgan fingerprint density at radius 3 is 2.78 bits per heavy atom. The SMILES string of the molecule is Cc1ccc(C(=O)NCCCOC(C)C)cc1F. The Bertz CT molecular complexity index is 405. The van der Waals surface area contributed by atoms with Crippen LogP contribution in [0.5, 0.6) is 0 Å². The van der Waals surface area contributed by atoms with E-state index in [4.69, 9.17) is 4.74 Å². The zero-order chi connectivity index (χ0) is 13.5. The highest BCUT2D eigenvalue weighted by Gasteiger charge is 2.07. The molecule has 0 aliphatic carbocycles. The van der Waals surface area contributed by atoms with E-state index in [1.54, 1.807) is 19.1 Å². The lowest BCUT2D eigenvalue weighted by molar-refractivity contribution is 0.0757. The van der Waals surface area contributed by atoms with Crippen LogP contribution in [-0.4, -0.2) is 25.2 Å². The van der Waals surface area contributed by atoms with Gasteiger partial charge in [-0.3, -0.25) is 4.79 Å². The first kappa shape index (κ1) is 14.6. The molecule has 18 heavy (non-hydrogen) atoms. The van der Waals surface area contributed by atoms with Gasteiger partial charge in [0.2, 0.25) is 0 Å². The number of carbonyl (C=O) groups is 1. The number of rotatable bonds is 6. The topological polar surface area (TPSA) is 38.3 Å². The quantitative estimate of drug-likeness (QED) is 0.792. The van der Waals surface area contributed by atoms with E-state index in [0.717, 1.165) is 6.42 Å². The van der Waals surface area contributed by atoms with Crippen molar-refractivity contribution in [3.63, 3.8) is 0 Å². The van der Waals surface area contributed by atoms with Gasteiger partial charge < -0.3 is 10.1 Å². The van der Waals surface area contributed by atoms with Crippen LogP contribution in [0.25, 0.3) is 0 Å². The van der Waals surface area contributed by atoms with Crippen LogP contribution in [0.2, 0.25) is 0 Å². The van der Waals surface area contributed by atoms with Gasteiger partial charge in [-0.2, -0.15) is 0 Å². The summed E-state index contributed by atoms with van der Waals surface area (Å²) in [5, 5.41) is 2.73. The lowest BCUT2D eigenvalue weighted by atomic mass is 10.1. The molecule has 0 saturated heterocycles. The van der Waals surface area contributed by atoms with E-state index in [1.807, 2.05) is 13.8 Å².